The summed E-state index contributed by atoms with van der Waals surface area (Å²) in [6, 6.07) is 7.77. The van der Waals surface area contributed by atoms with Gasteiger partial charge in [0.1, 0.15) is 0 Å². The van der Waals surface area contributed by atoms with E-state index in [9.17, 15) is 4.79 Å². The lowest BCUT2D eigenvalue weighted by molar-refractivity contribution is 0.240. The van der Waals surface area contributed by atoms with Gasteiger partial charge in [-0.05, 0) is 18.1 Å². The van der Waals surface area contributed by atoms with Crippen molar-refractivity contribution in [1.29, 1.82) is 0 Å². The van der Waals surface area contributed by atoms with E-state index in [1.165, 1.54) is 6.42 Å². The van der Waals surface area contributed by atoms with Crippen LogP contribution in [0.1, 0.15) is 31.7 Å². The van der Waals surface area contributed by atoms with Gasteiger partial charge in [-0.2, -0.15) is 0 Å². The summed E-state index contributed by atoms with van der Waals surface area (Å²) in [7, 11) is 0. The summed E-state index contributed by atoms with van der Waals surface area (Å²) in [6.45, 7) is 3.43. The minimum absolute atomic E-state index is 0.100. The van der Waals surface area contributed by atoms with Crippen molar-refractivity contribution < 1.29 is 4.79 Å². The van der Waals surface area contributed by atoms with Crippen LogP contribution in [0.2, 0.25) is 0 Å². The van der Waals surface area contributed by atoms with Gasteiger partial charge in [-0.15, -0.1) is 0 Å². The van der Waals surface area contributed by atoms with E-state index in [1.54, 1.807) is 0 Å². The number of carbonyl (C=O) groups is 1. The first kappa shape index (κ1) is 14.0. The lowest BCUT2D eigenvalue weighted by atomic mass is 10.2. The van der Waals surface area contributed by atoms with Gasteiger partial charge in [-0.3, -0.25) is 0 Å². The largest absolute Gasteiger partial charge is 0.338 e. The van der Waals surface area contributed by atoms with Gasteiger partial charge in [0.15, 0.2) is 0 Å². The average Bonchev–Trinajstić information content (AvgIpc) is 2.34. The highest BCUT2D eigenvalue weighted by molar-refractivity contribution is 9.10. The zero-order valence-electron chi connectivity index (χ0n) is 10.1. The van der Waals surface area contributed by atoms with E-state index in [1.807, 2.05) is 24.3 Å². The number of hydrogen-bond acceptors (Lipinski definition) is 1. The molecule has 94 valence electrons. The molecule has 2 N–H and O–H groups in total. The highest BCUT2D eigenvalue weighted by Crippen LogP contribution is 2.15. The smallest absolute Gasteiger partial charge is 0.315 e. The maximum Gasteiger partial charge on any atom is 0.315 e. The van der Waals surface area contributed by atoms with E-state index in [2.05, 4.69) is 33.5 Å². The number of carbonyl (C=O) groups excluding carboxylic acids is 1. The number of amides is 2. The molecule has 0 radical (unpaired) electrons. The molecule has 0 heterocycles. The molecule has 4 heteroatoms. The number of urea groups is 1. The van der Waals surface area contributed by atoms with Crippen molar-refractivity contribution in [2.45, 2.75) is 32.7 Å². The Morgan fingerprint density at radius 3 is 2.71 bits per heavy atom. The van der Waals surface area contributed by atoms with E-state index in [4.69, 9.17) is 0 Å². The predicted molar refractivity (Wildman–Crippen MR) is 73.9 cm³/mol. The number of halogens is 1. The highest BCUT2D eigenvalue weighted by atomic mass is 79.9. The molecular formula is C13H19BrN2O. The minimum atomic E-state index is -0.100. The van der Waals surface area contributed by atoms with Gasteiger partial charge in [0, 0.05) is 17.6 Å². The van der Waals surface area contributed by atoms with E-state index in [-0.39, 0.29) is 6.03 Å². The van der Waals surface area contributed by atoms with Gasteiger partial charge in [0.25, 0.3) is 0 Å². The maximum absolute atomic E-state index is 11.5. The Balaban J connectivity index is 2.22. The molecule has 17 heavy (non-hydrogen) atoms. The van der Waals surface area contributed by atoms with Gasteiger partial charge in [-0.1, -0.05) is 53.9 Å². The lowest BCUT2D eigenvalue weighted by Gasteiger charge is -2.08. The van der Waals surface area contributed by atoms with Crippen molar-refractivity contribution >= 4 is 22.0 Å². The van der Waals surface area contributed by atoms with Gasteiger partial charge in [0.2, 0.25) is 0 Å². The second-order valence-corrected chi connectivity index (χ2v) is 4.76. The first-order valence-electron chi connectivity index (χ1n) is 5.99. The van der Waals surface area contributed by atoms with E-state index in [0.29, 0.717) is 6.54 Å². The van der Waals surface area contributed by atoms with Crippen molar-refractivity contribution in [1.82, 2.24) is 10.6 Å². The third-order valence-corrected chi connectivity index (χ3v) is 3.24. The van der Waals surface area contributed by atoms with Crippen molar-refractivity contribution in [3.05, 3.63) is 34.3 Å². The molecule has 3 nitrogen and oxygen atoms in total. The third kappa shape index (κ3) is 5.73. The average molecular weight is 299 g/mol. The van der Waals surface area contributed by atoms with Crippen LogP contribution in [0.5, 0.6) is 0 Å². The van der Waals surface area contributed by atoms with Crippen LogP contribution in [0, 0.1) is 0 Å². The summed E-state index contributed by atoms with van der Waals surface area (Å²) in [4.78, 5) is 11.5. The molecule has 1 rings (SSSR count). The summed E-state index contributed by atoms with van der Waals surface area (Å²) in [6.07, 6.45) is 3.36. The Labute approximate surface area is 111 Å². The highest BCUT2D eigenvalue weighted by Gasteiger charge is 2.01. The number of nitrogens with one attached hydrogen (secondary N) is 2. The summed E-state index contributed by atoms with van der Waals surface area (Å²) in [5.74, 6) is 0. The lowest BCUT2D eigenvalue weighted by Crippen LogP contribution is -2.35. The molecule has 0 aliphatic rings. The Hall–Kier alpha value is -1.03. The standard InChI is InChI=1S/C13H19BrN2O/c1-2-3-6-9-15-13(17)16-10-11-7-4-5-8-12(11)14/h4-5,7-8H,2-3,6,9-10H2,1H3,(H2,15,16,17). The fourth-order valence-electron chi connectivity index (χ4n) is 1.46. The van der Waals surface area contributed by atoms with Gasteiger partial charge in [0.05, 0.1) is 0 Å². The fraction of sp³-hybridized carbons (Fsp3) is 0.462. The summed E-state index contributed by atoms with van der Waals surface area (Å²) in [5.41, 5.74) is 1.08. The fourth-order valence-corrected chi connectivity index (χ4v) is 1.88. The Morgan fingerprint density at radius 1 is 1.24 bits per heavy atom. The van der Waals surface area contributed by atoms with Gasteiger partial charge >= 0.3 is 6.03 Å². The van der Waals surface area contributed by atoms with Crippen LogP contribution in [0.3, 0.4) is 0 Å². The Kier molecular flexibility index (Phi) is 6.70. The molecule has 0 bridgehead atoms. The summed E-state index contributed by atoms with van der Waals surface area (Å²) in [5, 5.41) is 5.68. The zero-order chi connectivity index (χ0) is 12.5. The van der Waals surface area contributed by atoms with Crippen LogP contribution in [-0.2, 0) is 6.54 Å². The van der Waals surface area contributed by atoms with E-state index < -0.39 is 0 Å². The molecule has 2 amide bonds. The van der Waals surface area contributed by atoms with Crippen LogP contribution in [0.15, 0.2) is 28.7 Å². The van der Waals surface area contributed by atoms with Crippen LogP contribution in [-0.4, -0.2) is 12.6 Å². The molecule has 1 aromatic carbocycles. The summed E-state index contributed by atoms with van der Waals surface area (Å²) < 4.78 is 1.02. The van der Waals surface area contributed by atoms with Gasteiger partial charge in [-0.25, -0.2) is 4.79 Å². The second kappa shape index (κ2) is 8.12. The van der Waals surface area contributed by atoms with Crippen LogP contribution in [0.25, 0.3) is 0 Å². The van der Waals surface area contributed by atoms with Crippen LogP contribution in [0.4, 0.5) is 4.79 Å². The maximum atomic E-state index is 11.5. The molecule has 0 saturated heterocycles. The molecule has 0 unspecified atom stereocenters. The van der Waals surface area contributed by atoms with Gasteiger partial charge < -0.3 is 10.6 Å². The van der Waals surface area contributed by atoms with Crippen molar-refractivity contribution in [2.75, 3.05) is 6.54 Å². The normalized spacial score (nSPS) is 10.0. The monoisotopic (exact) mass is 298 g/mol. The van der Waals surface area contributed by atoms with Crippen molar-refractivity contribution in [3.63, 3.8) is 0 Å². The zero-order valence-corrected chi connectivity index (χ0v) is 11.7. The SMILES string of the molecule is CCCCCNC(=O)NCc1ccccc1Br. The minimum Gasteiger partial charge on any atom is -0.338 e. The molecule has 0 aromatic heterocycles. The predicted octanol–water partition coefficient (Wildman–Crippen LogP) is 3.44. The molecule has 0 spiro atoms. The first-order valence-corrected chi connectivity index (χ1v) is 6.78. The quantitative estimate of drug-likeness (QED) is 0.776. The van der Waals surface area contributed by atoms with Crippen LogP contribution < -0.4 is 10.6 Å². The molecule has 0 aliphatic heterocycles. The van der Waals surface area contributed by atoms with Crippen molar-refractivity contribution in [2.24, 2.45) is 0 Å². The number of hydrogen-bond donors (Lipinski definition) is 2. The topological polar surface area (TPSA) is 41.1 Å². The molecular weight excluding hydrogens is 280 g/mol. The van der Waals surface area contributed by atoms with E-state index in [0.717, 1.165) is 29.4 Å². The van der Waals surface area contributed by atoms with Crippen LogP contribution >= 0.6 is 15.9 Å². The number of unbranched alkanes of at least 4 members (excludes halogenated alkanes) is 2. The molecule has 1 aromatic rings. The Bertz CT molecular complexity index is 355. The third-order valence-electron chi connectivity index (χ3n) is 2.46. The molecule has 0 fully saturated rings. The number of rotatable bonds is 6. The summed E-state index contributed by atoms with van der Waals surface area (Å²) >= 11 is 3.45. The first-order chi connectivity index (χ1) is 8.24. The molecule has 0 aliphatic carbocycles. The Morgan fingerprint density at radius 2 is 2.00 bits per heavy atom. The molecule has 0 atom stereocenters. The van der Waals surface area contributed by atoms with E-state index >= 15 is 0 Å². The number of benzene rings is 1. The molecule has 0 saturated carbocycles. The van der Waals surface area contributed by atoms with Crippen molar-refractivity contribution in [3.8, 4) is 0 Å². The second-order valence-electron chi connectivity index (χ2n) is 3.91.